The van der Waals surface area contributed by atoms with Crippen LogP contribution in [-0.2, 0) is 4.79 Å². The molecule has 1 aromatic rings. The Balaban J connectivity index is 1.51. The molecule has 4 N–H and O–H groups in total. The summed E-state index contributed by atoms with van der Waals surface area (Å²) in [5.41, 5.74) is 12.6. The van der Waals surface area contributed by atoms with Crippen molar-refractivity contribution in [3.8, 4) is 0 Å². The fourth-order valence-corrected chi connectivity index (χ4v) is 4.09. The number of hydrogen-bond acceptors (Lipinski definition) is 3. The standard InChI is InChI=1S/C19H28N6OS/c20-18(23-19(21)25-12-4-5-13-25)22-15-6-8-16(9-7-15)27-14-17(26)24-10-2-1-3-11-24/h6-9H,1-5,10-14H2,(H4,20,21,22,23). The van der Waals surface area contributed by atoms with Gasteiger partial charge in [-0.05, 0) is 56.4 Å². The fourth-order valence-electron chi connectivity index (χ4n) is 3.29. The zero-order chi connectivity index (χ0) is 19.1. The lowest BCUT2D eigenvalue weighted by atomic mass is 10.1. The van der Waals surface area contributed by atoms with Crippen molar-refractivity contribution in [1.29, 1.82) is 0 Å². The molecule has 0 unspecified atom stereocenters. The molecule has 0 atom stereocenters. The second-order valence-electron chi connectivity index (χ2n) is 6.86. The van der Waals surface area contributed by atoms with Gasteiger partial charge in [0.05, 0.1) is 11.4 Å². The van der Waals surface area contributed by atoms with Crippen LogP contribution in [-0.4, -0.2) is 59.6 Å². The van der Waals surface area contributed by atoms with E-state index >= 15 is 0 Å². The van der Waals surface area contributed by atoms with E-state index in [0.29, 0.717) is 11.7 Å². The smallest absolute Gasteiger partial charge is 0.232 e. The summed E-state index contributed by atoms with van der Waals surface area (Å²) < 4.78 is 0. The normalized spacial score (nSPS) is 18.8. The van der Waals surface area contributed by atoms with Gasteiger partial charge < -0.3 is 21.3 Å². The molecule has 146 valence electrons. The fraction of sp³-hybridized carbons (Fsp3) is 0.526. The second kappa shape index (κ2) is 9.64. The Morgan fingerprint density at radius 2 is 1.52 bits per heavy atom. The first-order valence-corrected chi connectivity index (χ1v) is 10.5. The van der Waals surface area contributed by atoms with Crippen molar-refractivity contribution >= 4 is 35.3 Å². The molecule has 0 spiro atoms. The molecule has 2 fully saturated rings. The molecule has 2 aliphatic rings. The highest BCUT2D eigenvalue weighted by molar-refractivity contribution is 8.00. The van der Waals surface area contributed by atoms with Gasteiger partial charge in [0.1, 0.15) is 0 Å². The van der Waals surface area contributed by atoms with Crippen molar-refractivity contribution in [2.75, 3.05) is 31.9 Å². The number of likely N-dealkylation sites (tertiary alicyclic amines) is 2. The largest absolute Gasteiger partial charge is 0.369 e. The number of amides is 1. The molecule has 2 aliphatic heterocycles. The molecule has 0 aliphatic carbocycles. The van der Waals surface area contributed by atoms with Gasteiger partial charge in [-0.3, -0.25) is 4.79 Å². The van der Waals surface area contributed by atoms with E-state index in [0.717, 1.165) is 62.4 Å². The number of aliphatic imine (C=N–C) groups is 2. The van der Waals surface area contributed by atoms with Crippen molar-refractivity contribution in [2.24, 2.45) is 21.5 Å². The van der Waals surface area contributed by atoms with Gasteiger partial charge in [0.2, 0.25) is 11.9 Å². The van der Waals surface area contributed by atoms with Gasteiger partial charge in [-0.25, -0.2) is 4.99 Å². The molecule has 1 amide bonds. The summed E-state index contributed by atoms with van der Waals surface area (Å²) in [7, 11) is 0. The molecule has 2 saturated heterocycles. The van der Waals surface area contributed by atoms with Gasteiger partial charge >= 0.3 is 0 Å². The minimum absolute atomic E-state index is 0.153. The maximum Gasteiger partial charge on any atom is 0.232 e. The number of carbonyl (C=O) groups excluding carboxylic acids is 1. The summed E-state index contributed by atoms with van der Waals surface area (Å²) in [6.45, 7) is 3.64. The number of hydrogen-bond donors (Lipinski definition) is 2. The molecule has 2 heterocycles. The molecule has 0 radical (unpaired) electrons. The summed E-state index contributed by atoms with van der Waals surface area (Å²) in [5.74, 6) is 1.27. The van der Waals surface area contributed by atoms with E-state index in [1.807, 2.05) is 34.1 Å². The number of thioether (sulfide) groups is 1. The van der Waals surface area contributed by atoms with Gasteiger partial charge in [0.25, 0.3) is 0 Å². The van der Waals surface area contributed by atoms with Crippen LogP contribution in [0.15, 0.2) is 39.1 Å². The average Bonchev–Trinajstić information content (AvgIpc) is 3.23. The number of guanidine groups is 2. The van der Waals surface area contributed by atoms with E-state index in [1.165, 1.54) is 6.42 Å². The van der Waals surface area contributed by atoms with Crippen LogP contribution in [0.1, 0.15) is 32.1 Å². The van der Waals surface area contributed by atoms with Gasteiger partial charge in [-0.1, -0.05) is 0 Å². The summed E-state index contributed by atoms with van der Waals surface area (Å²) in [4.78, 5) is 25.7. The Morgan fingerprint density at radius 1 is 0.926 bits per heavy atom. The first kappa shape index (κ1) is 19.5. The molecule has 7 nitrogen and oxygen atoms in total. The van der Waals surface area contributed by atoms with E-state index in [2.05, 4.69) is 9.98 Å². The molecule has 0 saturated carbocycles. The zero-order valence-electron chi connectivity index (χ0n) is 15.6. The van der Waals surface area contributed by atoms with Crippen LogP contribution in [0.25, 0.3) is 0 Å². The van der Waals surface area contributed by atoms with Gasteiger partial charge in [0.15, 0.2) is 5.96 Å². The zero-order valence-corrected chi connectivity index (χ0v) is 16.5. The quantitative estimate of drug-likeness (QED) is 0.468. The highest BCUT2D eigenvalue weighted by Crippen LogP contribution is 2.23. The summed E-state index contributed by atoms with van der Waals surface area (Å²) in [5, 5.41) is 0. The highest BCUT2D eigenvalue weighted by atomic mass is 32.2. The number of benzene rings is 1. The molecule has 0 aromatic heterocycles. The van der Waals surface area contributed by atoms with Gasteiger partial charge in [0, 0.05) is 31.1 Å². The molecule has 1 aromatic carbocycles. The monoisotopic (exact) mass is 388 g/mol. The van der Waals surface area contributed by atoms with E-state index < -0.39 is 0 Å². The Morgan fingerprint density at radius 3 is 2.19 bits per heavy atom. The summed E-state index contributed by atoms with van der Waals surface area (Å²) >= 11 is 1.55. The lowest BCUT2D eigenvalue weighted by Gasteiger charge is -2.26. The minimum atomic E-state index is 0.153. The van der Waals surface area contributed by atoms with Crippen molar-refractivity contribution in [3.05, 3.63) is 24.3 Å². The lowest BCUT2D eigenvalue weighted by molar-refractivity contribution is -0.129. The van der Waals surface area contributed by atoms with E-state index in [4.69, 9.17) is 11.5 Å². The number of nitrogens with zero attached hydrogens (tertiary/aromatic N) is 4. The number of carbonyl (C=O) groups is 1. The highest BCUT2D eigenvalue weighted by Gasteiger charge is 2.16. The Bertz CT molecular complexity index is 691. The van der Waals surface area contributed by atoms with Crippen molar-refractivity contribution in [2.45, 2.75) is 37.0 Å². The number of nitrogens with two attached hydrogens (primary N) is 2. The molecule has 27 heavy (non-hydrogen) atoms. The first-order valence-electron chi connectivity index (χ1n) is 9.56. The van der Waals surface area contributed by atoms with Crippen LogP contribution < -0.4 is 11.5 Å². The third-order valence-corrected chi connectivity index (χ3v) is 5.81. The minimum Gasteiger partial charge on any atom is -0.369 e. The molecule has 3 rings (SSSR count). The van der Waals surface area contributed by atoms with Crippen LogP contribution in [0, 0.1) is 0 Å². The van der Waals surface area contributed by atoms with Crippen LogP contribution in [0.4, 0.5) is 5.69 Å². The van der Waals surface area contributed by atoms with Crippen molar-refractivity contribution in [1.82, 2.24) is 9.80 Å². The van der Waals surface area contributed by atoms with Crippen molar-refractivity contribution < 1.29 is 4.79 Å². The second-order valence-corrected chi connectivity index (χ2v) is 7.91. The van der Waals surface area contributed by atoms with Gasteiger partial charge in [-0.15, -0.1) is 11.8 Å². The van der Waals surface area contributed by atoms with E-state index in [-0.39, 0.29) is 11.9 Å². The Hall–Kier alpha value is -2.22. The SMILES string of the molecule is NC(=Nc1ccc(SCC(=O)N2CCCCC2)cc1)/N=C(\N)N1CCCC1. The van der Waals surface area contributed by atoms with Crippen LogP contribution in [0.3, 0.4) is 0 Å². The van der Waals surface area contributed by atoms with E-state index in [1.54, 1.807) is 11.8 Å². The topological polar surface area (TPSA) is 100 Å². The van der Waals surface area contributed by atoms with Crippen LogP contribution >= 0.6 is 11.8 Å². The predicted octanol–water partition coefficient (Wildman–Crippen LogP) is 2.15. The maximum atomic E-state index is 12.2. The van der Waals surface area contributed by atoms with E-state index in [9.17, 15) is 4.79 Å². The number of piperidine rings is 1. The average molecular weight is 389 g/mol. The molecular weight excluding hydrogens is 360 g/mol. The Labute approximate surface area is 164 Å². The third-order valence-electron chi connectivity index (χ3n) is 4.81. The molecule has 8 heteroatoms. The van der Waals surface area contributed by atoms with Gasteiger partial charge in [-0.2, -0.15) is 4.99 Å². The predicted molar refractivity (Wildman–Crippen MR) is 111 cm³/mol. The molecular formula is C19H28N6OS. The van der Waals surface area contributed by atoms with Crippen molar-refractivity contribution in [3.63, 3.8) is 0 Å². The van der Waals surface area contributed by atoms with Crippen LogP contribution in [0.5, 0.6) is 0 Å². The Kier molecular flexibility index (Phi) is 6.98. The summed E-state index contributed by atoms with van der Waals surface area (Å²) in [6.07, 6.45) is 5.74. The molecule has 0 bridgehead atoms. The lowest BCUT2D eigenvalue weighted by Crippen LogP contribution is -2.36. The van der Waals surface area contributed by atoms with Crippen LogP contribution in [0.2, 0.25) is 0 Å². The number of rotatable bonds is 4. The first-order chi connectivity index (χ1) is 13.1. The third kappa shape index (κ3) is 5.89. The maximum absolute atomic E-state index is 12.2. The summed E-state index contributed by atoms with van der Waals surface area (Å²) in [6, 6.07) is 7.66.